The SMILES string of the molecule is Fc1ccc([C@@H]2NCCO[C@@H]2OCc2cc(C(F)(F)F)ccc2F)cc1. The average molecular weight is 373 g/mol. The predicted octanol–water partition coefficient (Wildman–Crippen LogP) is 4.19. The van der Waals surface area contributed by atoms with Gasteiger partial charge in [0.1, 0.15) is 11.6 Å². The lowest BCUT2D eigenvalue weighted by molar-refractivity contribution is -0.184. The van der Waals surface area contributed by atoms with E-state index >= 15 is 0 Å². The fourth-order valence-corrected chi connectivity index (χ4v) is 2.70. The second-order valence-corrected chi connectivity index (χ2v) is 5.84. The van der Waals surface area contributed by atoms with E-state index in [0.29, 0.717) is 24.8 Å². The van der Waals surface area contributed by atoms with Crippen LogP contribution in [0.15, 0.2) is 42.5 Å². The molecule has 0 amide bonds. The number of nitrogens with one attached hydrogen (secondary N) is 1. The van der Waals surface area contributed by atoms with Crippen LogP contribution < -0.4 is 5.32 Å². The molecule has 0 radical (unpaired) electrons. The molecule has 26 heavy (non-hydrogen) atoms. The third-order valence-electron chi connectivity index (χ3n) is 4.03. The Morgan fingerprint density at radius 1 is 1.08 bits per heavy atom. The highest BCUT2D eigenvalue weighted by molar-refractivity contribution is 5.27. The van der Waals surface area contributed by atoms with Crippen LogP contribution in [0.25, 0.3) is 0 Å². The lowest BCUT2D eigenvalue weighted by Crippen LogP contribution is -2.43. The number of hydrogen-bond acceptors (Lipinski definition) is 3. The van der Waals surface area contributed by atoms with Gasteiger partial charge in [-0.1, -0.05) is 12.1 Å². The monoisotopic (exact) mass is 373 g/mol. The van der Waals surface area contributed by atoms with Gasteiger partial charge < -0.3 is 14.8 Å². The van der Waals surface area contributed by atoms with Crippen LogP contribution >= 0.6 is 0 Å². The summed E-state index contributed by atoms with van der Waals surface area (Å²) in [6.45, 7) is 0.465. The van der Waals surface area contributed by atoms with Gasteiger partial charge in [-0.2, -0.15) is 13.2 Å². The minimum atomic E-state index is -4.57. The maximum absolute atomic E-state index is 13.8. The van der Waals surface area contributed by atoms with Crippen molar-refractivity contribution in [1.29, 1.82) is 0 Å². The van der Waals surface area contributed by atoms with Gasteiger partial charge in [0.15, 0.2) is 6.29 Å². The van der Waals surface area contributed by atoms with E-state index in [1.54, 1.807) is 12.1 Å². The van der Waals surface area contributed by atoms with E-state index in [2.05, 4.69) is 5.32 Å². The van der Waals surface area contributed by atoms with Crippen LogP contribution in [0.3, 0.4) is 0 Å². The van der Waals surface area contributed by atoms with Gasteiger partial charge in [-0.15, -0.1) is 0 Å². The smallest absolute Gasteiger partial charge is 0.349 e. The summed E-state index contributed by atoms with van der Waals surface area (Å²) in [4.78, 5) is 0. The predicted molar refractivity (Wildman–Crippen MR) is 83.1 cm³/mol. The fraction of sp³-hybridized carbons (Fsp3) is 0.333. The number of benzene rings is 2. The highest BCUT2D eigenvalue weighted by atomic mass is 19.4. The van der Waals surface area contributed by atoms with Crippen LogP contribution in [-0.4, -0.2) is 19.4 Å². The molecule has 0 saturated carbocycles. The lowest BCUT2D eigenvalue weighted by Gasteiger charge is -2.33. The minimum Gasteiger partial charge on any atom is -0.349 e. The van der Waals surface area contributed by atoms with Gasteiger partial charge in [-0.25, -0.2) is 8.78 Å². The van der Waals surface area contributed by atoms with Gasteiger partial charge in [0.25, 0.3) is 0 Å². The quantitative estimate of drug-likeness (QED) is 0.816. The van der Waals surface area contributed by atoms with Crippen molar-refractivity contribution in [2.45, 2.75) is 25.1 Å². The zero-order valence-corrected chi connectivity index (χ0v) is 13.5. The van der Waals surface area contributed by atoms with Crippen LogP contribution in [0.5, 0.6) is 0 Å². The summed E-state index contributed by atoms with van der Waals surface area (Å²) in [5.41, 5.74) is -0.470. The molecule has 140 valence electrons. The molecule has 0 spiro atoms. The van der Waals surface area contributed by atoms with Crippen molar-refractivity contribution in [1.82, 2.24) is 5.32 Å². The largest absolute Gasteiger partial charge is 0.416 e. The number of halogens is 5. The molecule has 1 aliphatic heterocycles. The summed E-state index contributed by atoms with van der Waals surface area (Å²) in [5, 5.41) is 3.15. The van der Waals surface area contributed by atoms with Gasteiger partial charge in [-0.3, -0.25) is 0 Å². The Morgan fingerprint density at radius 2 is 1.81 bits per heavy atom. The van der Waals surface area contributed by atoms with Crippen molar-refractivity contribution in [3.63, 3.8) is 0 Å². The van der Waals surface area contributed by atoms with Crippen molar-refractivity contribution >= 4 is 0 Å². The van der Waals surface area contributed by atoms with E-state index in [-0.39, 0.29) is 12.2 Å². The number of ether oxygens (including phenoxy) is 2. The van der Waals surface area contributed by atoms with Gasteiger partial charge in [0, 0.05) is 12.1 Å². The van der Waals surface area contributed by atoms with Crippen molar-refractivity contribution in [3.8, 4) is 0 Å². The third-order valence-corrected chi connectivity index (χ3v) is 4.03. The van der Waals surface area contributed by atoms with Crippen molar-refractivity contribution in [2.75, 3.05) is 13.2 Å². The molecule has 1 N–H and O–H groups in total. The van der Waals surface area contributed by atoms with E-state index in [0.717, 1.165) is 12.1 Å². The molecule has 3 nitrogen and oxygen atoms in total. The average Bonchev–Trinajstić information content (AvgIpc) is 2.61. The van der Waals surface area contributed by atoms with E-state index in [9.17, 15) is 22.0 Å². The molecule has 1 heterocycles. The molecule has 0 unspecified atom stereocenters. The Hall–Kier alpha value is -2.03. The van der Waals surface area contributed by atoms with Gasteiger partial charge in [0.2, 0.25) is 0 Å². The Labute approximate surface area is 146 Å². The molecule has 0 aromatic heterocycles. The molecular formula is C18H16F5NO2. The zero-order chi connectivity index (χ0) is 18.7. The van der Waals surface area contributed by atoms with E-state index in [1.165, 1.54) is 12.1 Å². The molecule has 1 saturated heterocycles. The van der Waals surface area contributed by atoms with Gasteiger partial charge >= 0.3 is 6.18 Å². The highest BCUT2D eigenvalue weighted by Gasteiger charge is 2.32. The van der Waals surface area contributed by atoms with Crippen molar-refractivity contribution in [2.24, 2.45) is 0 Å². The number of rotatable bonds is 4. The standard InChI is InChI=1S/C18H16F5NO2/c19-14-4-1-11(2-5-14)16-17(25-8-7-24-16)26-10-12-9-13(18(21,22)23)3-6-15(12)20/h1-6,9,16-17,24H,7-8,10H2/t16-,17+/m0/s1. The number of morpholine rings is 1. The van der Waals surface area contributed by atoms with Gasteiger partial charge in [0.05, 0.1) is 24.8 Å². The molecule has 1 fully saturated rings. The summed E-state index contributed by atoms with van der Waals surface area (Å²) in [6.07, 6.45) is -5.41. The fourth-order valence-electron chi connectivity index (χ4n) is 2.70. The van der Waals surface area contributed by atoms with E-state index < -0.39 is 35.7 Å². The summed E-state index contributed by atoms with van der Waals surface area (Å²) in [6, 6.07) is 7.41. The molecule has 2 atom stereocenters. The first-order chi connectivity index (χ1) is 12.3. The number of alkyl halides is 3. The zero-order valence-electron chi connectivity index (χ0n) is 13.5. The maximum atomic E-state index is 13.8. The lowest BCUT2D eigenvalue weighted by atomic mass is 10.1. The van der Waals surface area contributed by atoms with E-state index in [4.69, 9.17) is 9.47 Å². The van der Waals surface area contributed by atoms with Crippen molar-refractivity contribution in [3.05, 3.63) is 70.8 Å². The van der Waals surface area contributed by atoms with Crippen LogP contribution in [-0.2, 0) is 22.3 Å². The second kappa shape index (κ2) is 7.69. The molecule has 0 bridgehead atoms. The molecule has 2 aromatic carbocycles. The molecule has 3 rings (SSSR count). The second-order valence-electron chi connectivity index (χ2n) is 5.84. The van der Waals surface area contributed by atoms with Crippen LogP contribution in [0.1, 0.15) is 22.7 Å². The molecular weight excluding hydrogens is 357 g/mol. The third kappa shape index (κ3) is 4.38. The molecule has 2 aromatic rings. The van der Waals surface area contributed by atoms with Crippen LogP contribution in [0.4, 0.5) is 22.0 Å². The first kappa shape index (κ1) is 18.8. The summed E-state index contributed by atoms with van der Waals surface area (Å²) in [7, 11) is 0. The first-order valence-corrected chi connectivity index (χ1v) is 7.92. The molecule has 1 aliphatic rings. The van der Waals surface area contributed by atoms with Crippen LogP contribution in [0.2, 0.25) is 0 Å². The Bertz CT molecular complexity index is 748. The highest BCUT2D eigenvalue weighted by Crippen LogP contribution is 2.31. The Kier molecular flexibility index (Phi) is 5.55. The van der Waals surface area contributed by atoms with E-state index in [1.807, 2.05) is 0 Å². The molecule has 0 aliphatic carbocycles. The normalized spacial score (nSPS) is 21.0. The van der Waals surface area contributed by atoms with Crippen molar-refractivity contribution < 1.29 is 31.4 Å². The summed E-state index contributed by atoms with van der Waals surface area (Å²) < 4.78 is 76.3. The maximum Gasteiger partial charge on any atom is 0.416 e. The minimum absolute atomic E-state index is 0.216. The van der Waals surface area contributed by atoms with Crippen LogP contribution in [0, 0.1) is 11.6 Å². The Morgan fingerprint density at radius 3 is 2.50 bits per heavy atom. The number of hydrogen-bond donors (Lipinski definition) is 1. The topological polar surface area (TPSA) is 30.5 Å². The first-order valence-electron chi connectivity index (χ1n) is 7.92. The summed E-state index contributed by atoms with van der Waals surface area (Å²) >= 11 is 0. The van der Waals surface area contributed by atoms with Gasteiger partial charge in [-0.05, 0) is 35.9 Å². The Balaban J connectivity index is 1.74. The molecule has 8 heteroatoms. The summed E-state index contributed by atoms with van der Waals surface area (Å²) in [5.74, 6) is -1.19.